The Morgan fingerprint density at radius 1 is 1.16 bits per heavy atom. The highest BCUT2D eigenvalue weighted by Gasteiger charge is 2.63. The summed E-state index contributed by atoms with van der Waals surface area (Å²) in [5, 5.41) is 14.1. The van der Waals surface area contributed by atoms with Crippen molar-refractivity contribution >= 4 is 46.5 Å². The molecular weight excluding hydrogens is 440 g/mol. The molecule has 11 heteroatoms. The third kappa shape index (κ3) is 2.87. The van der Waals surface area contributed by atoms with Crippen LogP contribution in [0.5, 0.6) is 0 Å². The summed E-state index contributed by atoms with van der Waals surface area (Å²) in [7, 11) is 0. The third-order valence-corrected chi connectivity index (χ3v) is 6.50. The van der Waals surface area contributed by atoms with Crippen LogP contribution >= 0.6 is 11.6 Å². The maximum absolute atomic E-state index is 13.9. The molecule has 3 aliphatic heterocycles. The lowest BCUT2D eigenvalue weighted by molar-refractivity contribution is -0.384. The highest BCUT2D eigenvalue weighted by atomic mass is 35.5. The van der Waals surface area contributed by atoms with Gasteiger partial charge in [0.15, 0.2) is 5.41 Å². The lowest BCUT2D eigenvalue weighted by Gasteiger charge is -2.53. The summed E-state index contributed by atoms with van der Waals surface area (Å²) < 4.78 is 5.62. The maximum atomic E-state index is 13.9. The molecule has 1 spiro atoms. The molecule has 164 valence electrons. The van der Waals surface area contributed by atoms with Gasteiger partial charge in [-0.2, -0.15) is 0 Å². The number of hydrogen-bond donors (Lipinski definition) is 1. The van der Waals surface area contributed by atoms with Gasteiger partial charge in [-0.25, -0.2) is 9.69 Å². The number of ether oxygens (including phenoxy) is 1. The molecule has 0 aromatic heterocycles. The van der Waals surface area contributed by atoms with Crippen molar-refractivity contribution in [3.05, 3.63) is 63.2 Å². The Hall–Kier alpha value is -3.50. The summed E-state index contributed by atoms with van der Waals surface area (Å²) in [5.41, 5.74) is -0.371. The number of imide groups is 2. The summed E-state index contributed by atoms with van der Waals surface area (Å²) in [6.07, 6.45) is -0.101. The van der Waals surface area contributed by atoms with Crippen molar-refractivity contribution in [2.45, 2.75) is 12.5 Å². The number of amides is 4. The smallest absolute Gasteiger partial charge is 0.335 e. The molecule has 2 saturated heterocycles. The van der Waals surface area contributed by atoms with Crippen molar-refractivity contribution < 1.29 is 24.0 Å². The average molecular weight is 457 g/mol. The molecule has 0 bridgehead atoms. The predicted molar refractivity (Wildman–Crippen MR) is 114 cm³/mol. The van der Waals surface area contributed by atoms with Gasteiger partial charge in [-0.15, -0.1) is 0 Å². The highest BCUT2D eigenvalue weighted by molar-refractivity contribution is 6.32. The van der Waals surface area contributed by atoms with Gasteiger partial charge in [0, 0.05) is 35.8 Å². The zero-order valence-corrected chi connectivity index (χ0v) is 17.4. The molecule has 4 amide bonds. The van der Waals surface area contributed by atoms with Crippen LogP contribution in [0.1, 0.15) is 5.56 Å². The quantitative estimate of drug-likeness (QED) is 0.418. The van der Waals surface area contributed by atoms with E-state index in [0.29, 0.717) is 29.4 Å². The minimum Gasteiger partial charge on any atom is -0.377 e. The van der Waals surface area contributed by atoms with E-state index in [4.69, 9.17) is 16.3 Å². The number of nitrogens with zero attached hydrogens (tertiary/aromatic N) is 3. The molecule has 0 radical (unpaired) electrons. The van der Waals surface area contributed by atoms with Crippen molar-refractivity contribution in [3.8, 4) is 0 Å². The van der Waals surface area contributed by atoms with Gasteiger partial charge in [-0.05, 0) is 35.9 Å². The van der Waals surface area contributed by atoms with E-state index in [0.717, 1.165) is 4.90 Å². The molecular formula is C21H17ClN4O6. The summed E-state index contributed by atoms with van der Waals surface area (Å²) >= 11 is 5.94. The van der Waals surface area contributed by atoms with E-state index in [1.54, 1.807) is 6.07 Å². The van der Waals surface area contributed by atoms with Crippen LogP contribution in [0.3, 0.4) is 0 Å². The van der Waals surface area contributed by atoms with Crippen LogP contribution in [0.25, 0.3) is 0 Å². The van der Waals surface area contributed by atoms with Crippen molar-refractivity contribution in [2.24, 2.45) is 5.41 Å². The number of non-ortho nitro benzene ring substituents is 1. The van der Waals surface area contributed by atoms with Crippen LogP contribution in [0.15, 0.2) is 42.5 Å². The lowest BCUT2D eigenvalue weighted by atomic mass is 9.68. The number of fused-ring (bicyclic) bond motifs is 4. The Balaban J connectivity index is 1.66. The summed E-state index contributed by atoms with van der Waals surface area (Å²) in [5.74, 6) is -1.44. The monoisotopic (exact) mass is 456 g/mol. The standard InChI is InChI=1S/C21H17ClN4O6/c22-13-1-3-14(4-2-13)25-19(28)21(18(27)23-20(25)29)10-12-9-15(26(30)31)5-6-16(12)24-7-8-32-11-17(21)24/h1-6,9,17H,7-8,10-11H2,(H,23,27,29)/t17-,21-/m1/s1. The Kier molecular flexibility index (Phi) is 4.64. The van der Waals surface area contributed by atoms with E-state index in [1.807, 2.05) is 4.90 Å². The topological polar surface area (TPSA) is 122 Å². The van der Waals surface area contributed by atoms with Gasteiger partial charge >= 0.3 is 6.03 Å². The Morgan fingerprint density at radius 2 is 1.91 bits per heavy atom. The van der Waals surface area contributed by atoms with E-state index in [1.165, 1.54) is 36.4 Å². The summed E-state index contributed by atoms with van der Waals surface area (Å²) in [6.45, 7) is 0.865. The number of halogens is 1. The number of carbonyl (C=O) groups excluding carboxylic acids is 3. The third-order valence-electron chi connectivity index (χ3n) is 6.25. The predicted octanol–water partition coefficient (Wildman–Crippen LogP) is 2.28. The molecule has 32 heavy (non-hydrogen) atoms. The average Bonchev–Trinajstić information content (AvgIpc) is 2.78. The van der Waals surface area contributed by atoms with Crippen molar-refractivity contribution in [1.29, 1.82) is 0 Å². The number of benzene rings is 2. The number of anilines is 2. The Labute approximate surface area is 186 Å². The largest absolute Gasteiger partial charge is 0.377 e. The van der Waals surface area contributed by atoms with E-state index in [9.17, 15) is 24.5 Å². The first-order valence-electron chi connectivity index (χ1n) is 9.90. The molecule has 3 aliphatic rings. The first-order valence-corrected chi connectivity index (χ1v) is 10.3. The second kappa shape index (κ2) is 7.28. The number of barbiturate groups is 1. The maximum Gasteiger partial charge on any atom is 0.335 e. The molecule has 1 N–H and O–H groups in total. The van der Waals surface area contributed by atoms with Crippen LogP contribution in [0, 0.1) is 15.5 Å². The second-order valence-corrected chi connectivity index (χ2v) is 8.32. The minimum atomic E-state index is -1.70. The summed E-state index contributed by atoms with van der Waals surface area (Å²) in [4.78, 5) is 53.5. The fourth-order valence-corrected chi connectivity index (χ4v) is 4.88. The number of nitrogens with one attached hydrogen (secondary N) is 1. The molecule has 0 unspecified atom stereocenters. The van der Waals surface area contributed by atoms with Crippen LogP contribution in [-0.2, 0) is 20.7 Å². The van der Waals surface area contributed by atoms with E-state index < -0.39 is 34.2 Å². The van der Waals surface area contributed by atoms with Gasteiger partial charge in [0.2, 0.25) is 5.91 Å². The van der Waals surface area contributed by atoms with Crippen molar-refractivity contribution in [3.63, 3.8) is 0 Å². The number of nitro benzene ring substituents is 1. The van der Waals surface area contributed by atoms with Crippen LogP contribution < -0.4 is 15.1 Å². The van der Waals surface area contributed by atoms with E-state index in [2.05, 4.69) is 5.32 Å². The van der Waals surface area contributed by atoms with Gasteiger partial charge in [0.1, 0.15) is 0 Å². The molecule has 2 fully saturated rings. The normalized spacial score (nSPS) is 24.8. The van der Waals surface area contributed by atoms with Crippen LogP contribution in [-0.4, -0.2) is 48.6 Å². The molecule has 2 aromatic carbocycles. The van der Waals surface area contributed by atoms with E-state index >= 15 is 0 Å². The first kappa shape index (κ1) is 20.4. The number of urea groups is 1. The second-order valence-electron chi connectivity index (χ2n) is 7.88. The first-order chi connectivity index (χ1) is 15.3. The van der Waals surface area contributed by atoms with Gasteiger partial charge in [-0.3, -0.25) is 25.0 Å². The minimum absolute atomic E-state index is 0.0955. The van der Waals surface area contributed by atoms with Crippen LogP contribution in [0.4, 0.5) is 21.9 Å². The fraction of sp³-hybridized carbons (Fsp3) is 0.286. The zero-order chi connectivity index (χ0) is 22.6. The van der Waals surface area contributed by atoms with Crippen molar-refractivity contribution in [1.82, 2.24) is 5.32 Å². The van der Waals surface area contributed by atoms with Crippen molar-refractivity contribution in [2.75, 3.05) is 29.6 Å². The molecule has 2 atom stereocenters. The zero-order valence-electron chi connectivity index (χ0n) is 16.6. The summed E-state index contributed by atoms with van der Waals surface area (Å²) in [6, 6.07) is 8.97. The lowest BCUT2D eigenvalue weighted by Crippen LogP contribution is -2.74. The molecule has 3 heterocycles. The molecule has 5 rings (SSSR count). The van der Waals surface area contributed by atoms with Gasteiger partial charge in [-0.1, -0.05) is 11.6 Å². The van der Waals surface area contributed by atoms with Gasteiger partial charge in [0.25, 0.3) is 11.6 Å². The number of rotatable bonds is 2. The number of hydrogen-bond acceptors (Lipinski definition) is 7. The van der Waals surface area contributed by atoms with Crippen LogP contribution in [0.2, 0.25) is 5.02 Å². The molecule has 0 aliphatic carbocycles. The Morgan fingerprint density at radius 3 is 2.62 bits per heavy atom. The number of morpholine rings is 1. The fourth-order valence-electron chi connectivity index (χ4n) is 4.75. The van der Waals surface area contributed by atoms with Gasteiger partial charge in [0.05, 0.1) is 29.9 Å². The molecule has 2 aromatic rings. The van der Waals surface area contributed by atoms with E-state index in [-0.39, 0.29) is 24.4 Å². The van der Waals surface area contributed by atoms with Gasteiger partial charge < -0.3 is 9.64 Å². The molecule has 10 nitrogen and oxygen atoms in total. The molecule has 0 saturated carbocycles. The number of nitro groups is 1. The highest BCUT2D eigenvalue weighted by Crippen LogP contribution is 2.46. The SMILES string of the molecule is O=C1NC(=O)[C@]2(Cc3cc([N+](=O)[O-])ccc3N3CCOC[C@@H]32)C(=O)N1c1ccc(Cl)cc1. The Bertz CT molecular complexity index is 1170. The number of carbonyl (C=O) groups is 3.